The summed E-state index contributed by atoms with van der Waals surface area (Å²) in [6.07, 6.45) is -0.254. The van der Waals surface area contributed by atoms with E-state index in [1.54, 1.807) is 0 Å². The molecule has 0 radical (unpaired) electrons. The molecule has 0 aromatic heterocycles. The summed E-state index contributed by atoms with van der Waals surface area (Å²) in [4.78, 5) is 0. The van der Waals surface area contributed by atoms with E-state index in [9.17, 15) is 0 Å². The van der Waals surface area contributed by atoms with Crippen molar-refractivity contribution in [2.24, 2.45) is 0 Å². The smallest absolute Gasteiger partial charge is 0.0114 e. The topological polar surface area (TPSA) is 0 Å². The van der Waals surface area contributed by atoms with Crippen LogP contribution in [0.15, 0.2) is 109 Å². The van der Waals surface area contributed by atoms with Crippen molar-refractivity contribution in [3.8, 4) is 11.1 Å². The molecule has 0 amide bonds. The molecule has 0 saturated heterocycles. The second-order valence-corrected chi connectivity index (χ2v) is 25.4. The molecule has 6 aromatic carbocycles. The van der Waals surface area contributed by atoms with E-state index in [2.05, 4.69) is 136 Å². The number of benzene rings is 4. The van der Waals surface area contributed by atoms with E-state index in [0.29, 0.717) is 0 Å². The zero-order valence-corrected chi connectivity index (χ0v) is 25.2. The third-order valence-corrected chi connectivity index (χ3v) is 19.8. The van der Waals surface area contributed by atoms with Gasteiger partial charge in [0.25, 0.3) is 0 Å². The first kappa shape index (κ1) is 26.9. The minimum atomic E-state index is -1.42. The van der Waals surface area contributed by atoms with E-state index < -0.39 is 14.5 Å². The number of fused-ring (bicyclic) bond motifs is 3. The summed E-state index contributed by atoms with van der Waals surface area (Å²) in [6, 6.07) is 39.1. The van der Waals surface area contributed by atoms with E-state index >= 15 is 0 Å². The molecule has 0 bridgehead atoms. The molecule has 0 aliphatic rings. The number of hydrogen-bond donors (Lipinski definition) is 0. The predicted molar refractivity (Wildman–Crippen MR) is 161 cm³/mol. The van der Waals surface area contributed by atoms with E-state index in [0.717, 1.165) is 0 Å². The molecule has 36 heavy (non-hydrogen) atoms. The molecule has 0 aliphatic heterocycles. The summed E-state index contributed by atoms with van der Waals surface area (Å²) in [6.45, 7) is 8.59. The van der Waals surface area contributed by atoms with E-state index in [4.69, 9.17) is 18.6 Å². The maximum absolute atomic E-state index is 5.59. The van der Waals surface area contributed by atoms with Crippen LogP contribution in [-0.4, -0.2) is 6.19 Å². The summed E-state index contributed by atoms with van der Waals surface area (Å²) in [5, 5.41) is 7.99. The van der Waals surface area contributed by atoms with Gasteiger partial charge in [-0.25, -0.2) is 0 Å². The molecule has 6 aromatic rings. The molecule has 4 heteroatoms. The second kappa shape index (κ2) is 12.4. The minimum absolute atomic E-state index is 0.254. The average molecular weight is 561 g/mol. The van der Waals surface area contributed by atoms with Crippen molar-refractivity contribution in [3.63, 3.8) is 0 Å². The van der Waals surface area contributed by atoms with Crippen LogP contribution in [-0.2, 0) is 14.5 Å². The molecular weight excluding hydrogens is 531 g/mol. The summed E-state index contributed by atoms with van der Waals surface area (Å²) in [7, 11) is 11.2. The third kappa shape index (κ3) is 6.59. The van der Waals surface area contributed by atoms with Crippen molar-refractivity contribution >= 4 is 57.1 Å². The van der Waals surface area contributed by atoms with Crippen molar-refractivity contribution < 1.29 is 14.5 Å². The quantitative estimate of drug-likeness (QED) is 0.138. The van der Waals surface area contributed by atoms with Gasteiger partial charge >= 0.3 is 52.4 Å². The Morgan fingerprint density at radius 3 is 1.78 bits per heavy atom. The minimum Gasteiger partial charge on any atom is -0.165 e. The second-order valence-electron chi connectivity index (χ2n) is 9.29. The van der Waals surface area contributed by atoms with E-state index in [1.807, 2.05) is 0 Å². The summed E-state index contributed by atoms with van der Waals surface area (Å²) in [5.74, 6) is 0. The van der Waals surface area contributed by atoms with Crippen LogP contribution in [0.4, 0.5) is 0 Å². The molecule has 0 unspecified atom stereocenters. The van der Waals surface area contributed by atoms with Crippen LogP contribution in [0, 0.1) is 13.8 Å². The van der Waals surface area contributed by atoms with Crippen LogP contribution in [0.2, 0.25) is 13.1 Å². The van der Waals surface area contributed by atoms with Crippen molar-refractivity contribution in [2.45, 2.75) is 26.9 Å². The number of rotatable bonds is 1. The monoisotopic (exact) mass is 560 g/mol. The molecule has 0 spiro atoms. The van der Waals surface area contributed by atoms with Crippen molar-refractivity contribution in [1.29, 1.82) is 0 Å². The molecule has 0 nitrogen and oxygen atoms in total. The largest absolute Gasteiger partial charge is 0.165 e. The van der Waals surface area contributed by atoms with Gasteiger partial charge in [0.2, 0.25) is 0 Å². The van der Waals surface area contributed by atoms with E-state index in [-0.39, 0.29) is 6.19 Å². The Balaban J connectivity index is 0.000000158. The van der Waals surface area contributed by atoms with Crippen molar-refractivity contribution in [2.75, 3.05) is 0 Å². The Hall–Kier alpha value is -2.13. The van der Waals surface area contributed by atoms with Gasteiger partial charge in [0.15, 0.2) is 0 Å². The van der Waals surface area contributed by atoms with Crippen LogP contribution in [0.1, 0.15) is 11.1 Å². The van der Waals surface area contributed by atoms with Gasteiger partial charge in [0.1, 0.15) is 0 Å². The van der Waals surface area contributed by atoms with Gasteiger partial charge in [-0.05, 0) is 16.3 Å². The van der Waals surface area contributed by atoms with Crippen LogP contribution in [0.3, 0.4) is 0 Å². The molecule has 0 heterocycles. The zero-order valence-electron chi connectivity index (χ0n) is 21.1. The van der Waals surface area contributed by atoms with Gasteiger partial charge in [0.05, 0.1) is 0 Å². The summed E-state index contributed by atoms with van der Waals surface area (Å²) in [5.41, 5.74) is 5.32. The molecular formula is C32H30Cl2SiTi-2. The Morgan fingerprint density at radius 2 is 1.08 bits per heavy atom. The third-order valence-electron chi connectivity index (χ3n) is 6.12. The standard InChI is InChI=1S/C20H15.C10H9.C2H6Si.2ClH.Ti/c1-14-12-16-8-5-11-19(20(16)13-14)18-10-4-7-15-6-2-3-9-17(15)18;1-8-6-9-4-2-3-5-10(9)7-8;1-3-2;;;/h2-13H,1H3;2-7H,1H3;1-2H3;2*1H;/q2*-1;;;;+2/p-2. The fourth-order valence-corrected chi connectivity index (χ4v) is 4.39. The number of halogens is 2. The van der Waals surface area contributed by atoms with E-state index in [1.165, 1.54) is 54.6 Å². The fraction of sp³-hybridized carbons (Fsp3) is 0.125. The van der Waals surface area contributed by atoms with Gasteiger partial charge < -0.3 is 0 Å². The van der Waals surface area contributed by atoms with Crippen LogP contribution in [0.25, 0.3) is 43.4 Å². The molecule has 6 rings (SSSR count). The molecule has 0 N–H and O–H groups in total. The SMILES string of the molecule is C[Si](C)=[Ti]([Cl])[Cl].Cc1cc2c(-c3cccc4ccccc34)cccc2[cH-]1.Cc1cc2ccccc2[cH-]1. The molecule has 0 aliphatic carbocycles. The summed E-state index contributed by atoms with van der Waals surface area (Å²) < 4.78 is 0. The van der Waals surface area contributed by atoms with Gasteiger partial charge in [-0.2, -0.15) is 12.1 Å². The Labute approximate surface area is 228 Å². The van der Waals surface area contributed by atoms with Crippen LogP contribution in [0.5, 0.6) is 0 Å². The molecule has 0 atom stereocenters. The maximum Gasteiger partial charge on any atom is -0.0114 e. The van der Waals surface area contributed by atoms with Gasteiger partial charge in [-0.3, -0.25) is 0 Å². The van der Waals surface area contributed by atoms with Crippen LogP contribution < -0.4 is 0 Å². The van der Waals surface area contributed by atoms with Crippen molar-refractivity contribution in [3.05, 3.63) is 120 Å². The molecule has 0 fully saturated rings. The average Bonchev–Trinajstić information content (AvgIpc) is 3.45. The maximum atomic E-state index is 5.59. The molecule has 0 saturated carbocycles. The molecule has 182 valence electrons. The number of aryl methyl sites for hydroxylation is 2. The summed E-state index contributed by atoms with van der Waals surface area (Å²) >= 11 is -1.42. The first-order valence-electron chi connectivity index (χ1n) is 12.1. The predicted octanol–water partition coefficient (Wildman–Crippen LogP) is 10.7. The fourth-order valence-electron chi connectivity index (χ4n) is 4.39. The Bertz CT molecular complexity index is 1600. The first-order valence-corrected chi connectivity index (χ1v) is 21.2. The van der Waals surface area contributed by atoms with Gasteiger partial charge in [-0.15, -0.1) is 75.1 Å². The first-order chi connectivity index (χ1) is 17.3. The Morgan fingerprint density at radius 1 is 0.583 bits per heavy atom. The van der Waals surface area contributed by atoms with Gasteiger partial charge in [0, 0.05) is 0 Å². The normalized spacial score (nSPS) is 10.5. The number of hydrogen-bond acceptors (Lipinski definition) is 0. The van der Waals surface area contributed by atoms with Crippen molar-refractivity contribution in [1.82, 2.24) is 0 Å². The zero-order chi connectivity index (χ0) is 25.7. The Kier molecular flexibility index (Phi) is 9.28. The van der Waals surface area contributed by atoms with Gasteiger partial charge in [-0.1, -0.05) is 74.0 Å². The van der Waals surface area contributed by atoms with Crippen LogP contribution >= 0.6 is 18.6 Å².